The Kier molecular flexibility index (Phi) is 2.12. The number of nitrogens with one attached hydrogen (secondary N) is 1. The summed E-state index contributed by atoms with van der Waals surface area (Å²) in [5, 5.41) is 10.8. The van der Waals surface area contributed by atoms with Gasteiger partial charge in [-0.2, -0.15) is 0 Å². The van der Waals surface area contributed by atoms with Gasteiger partial charge >= 0.3 is 0 Å². The topological polar surface area (TPSA) is 88.9 Å². The number of halogens is 1. The minimum atomic E-state index is -0.618. The number of fused-ring (bicyclic) bond motifs is 1. The van der Waals surface area contributed by atoms with E-state index in [9.17, 15) is 14.9 Å². The van der Waals surface area contributed by atoms with Gasteiger partial charge in [0.05, 0.1) is 20.8 Å². The molecule has 0 aromatic carbocycles. The molecule has 15 heavy (non-hydrogen) atoms. The first kappa shape index (κ1) is 9.60. The number of pyridine rings is 2. The van der Waals surface area contributed by atoms with Gasteiger partial charge in [-0.15, -0.1) is 0 Å². The predicted octanol–water partition coefficient (Wildman–Crippen LogP) is 1.48. The van der Waals surface area contributed by atoms with E-state index < -0.39 is 10.5 Å². The molecule has 0 aliphatic rings. The van der Waals surface area contributed by atoms with Crippen molar-refractivity contribution in [3.8, 4) is 0 Å². The zero-order valence-electron chi connectivity index (χ0n) is 7.23. The molecule has 7 heteroatoms. The quantitative estimate of drug-likeness (QED) is 0.588. The van der Waals surface area contributed by atoms with E-state index in [1.165, 1.54) is 6.20 Å². The van der Waals surface area contributed by atoms with Crippen LogP contribution in [0.25, 0.3) is 10.9 Å². The number of hydrogen-bond donors (Lipinski definition) is 1. The molecule has 2 aromatic rings. The highest BCUT2D eigenvalue weighted by Gasteiger charge is 2.11. The Labute approximate surface area is 87.7 Å². The summed E-state index contributed by atoms with van der Waals surface area (Å²) in [5.74, 6) is 0. The lowest BCUT2D eigenvalue weighted by atomic mass is 10.2. The van der Waals surface area contributed by atoms with Crippen LogP contribution in [0.4, 0.5) is 5.69 Å². The molecule has 2 aromatic heterocycles. The van der Waals surface area contributed by atoms with E-state index in [1.807, 2.05) is 0 Å². The third-order valence-electron chi connectivity index (χ3n) is 1.88. The van der Waals surface area contributed by atoms with Gasteiger partial charge in [0.15, 0.2) is 0 Å². The largest absolute Gasteiger partial charge is 0.327 e. The maximum Gasteiger partial charge on any atom is 0.288 e. The van der Waals surface area contributed by atoms with E-state index in [0.29, 0.717) is 0 Å². The molecule has 0 bridgehead atoms. The number of rotatable bonds is 1. The molecule has 6 nitrogen and oxygen atoms in total. The van der Waals surface area contributed by atoms with E-state index >= 15 is 0 Å². The molecule has 1 N–H and O–H groups in total. The summed E-state index contributed by atoms with van der Waals surface area (Å²) in [7, 11) is 0. The normalized spacial score (nSPS) is 10.5. The maximum absolute atomic E-state index is 11.3. The standard InChI is InChI=1S/C8H4ClN3O3/c9-6-3-11-8(13)5-1-4(12(14)15)2-10-7(5)6/h1-3H,(H,11,13). The second-order valence-corrected chi connectivity index (χ2v) is 3.22. The van der Waals surface area contributed by atoms with Crippen molar-refractivity contribution in [3.05, 3.63) is 44.0 Å². The highest BCUT2D eigenvalue weighted by molar-refractivity contribution is 6.34. The maximum atomic E-state index is 11.3. The number of H-pyrrole nitrogens is 1. The van der Waals surface area contributed by atoms with E-state index in [4.69, 9.17) is 11.6 Å². The molecule has 0 fully saturated rings. The van der Waals surface area contributed by atoms with Gasteiger partial charge in [0.1, 0.15) is 6.20 Å². The van der Waals surface area contributed by atoms with Gasteiger partial charge in [-0.3, -0.25) is 14.9 Å². The average molecular weight is 226 g/mol. The fourth-order valence-corrected chi connectivity index (χ4v) is 1.40. The summed E-state index contributed by atoms with van der Waals surface area (Å²) in [6.07, 6.45) is 2.36. The molecule has 0 amide bonds. The number of aromatic amines is 1. The van der Waals surface area contributed by atoms with Crippen molar-refractivity contribution < 1.29 is 4.92 Å². The molecule has 0 spiro atoms. The number of hydrogen-bond acceptors (Lipinski definition) is 4. The molecule has 76 valence electrons. The fraction of sp³-hybridized carbons (Fsp3) is 0. The lowest BCUT2D eigenvalue weighted by Gasteiger charge is -1.97. The van der Waals surface area contributed by atoms with Gasteiger partial charge in [-0.25, -0.2) is 4.98 Å². The molecule has 0 saturated heterocycles. The van der Waals surface area contributed by atoms with Crippen molar-refractivity contribution in [2.45, 2.75) is 0 Å². The summed E-state index contributed by atoms with van der Waals surface area (Å²) in [6, 6.07) is 1.15. The van der Waals surface area contributed by atoms with E-state index in [-0.39, 0.29) is 21.6 Å². The second kappa shape index (κ2) is 3.32. The van der Waals surface area contributed by atoms with Crippen LogP contribution in [0.3, 0.4) is 0 Å². The van der Waals surface area contributed by atoms with Crippen LogP contribution in [0.2, 0.25) is 5.02 Å². The second-order valence-electron chi connectivity index (χ2n) is 2.81. The van der Waals surface area contributed by atoms with Crippen molar-refractivity contribution in [1.29, 1.82) is 0 Å². The summed E-state index contributed by atoms with van der Waals surface area (Å²) in [4.78, 5) is 27.3. The number of nitro groups is 1. The monoisotopic (exact) mass is 225 g/mol. The zero-order chi connectivity index (χ0) is 11.0. The minimum Gasteiger partial charge on any atom is -0.327 e. The van der Waals surface area contributed by atoms with Crippen LogP contribution in [0.1, 0.15) is 0 Å². The molecule has 2 rings (SSSR count). The van der Waals surface area contributed by atoms with Crippen LogP contribution in [0.15, 0.2) is 23.3 Å². The van der Waals surface area contributed by atoms with Gasteiger partial charge in [0, 0.05) is 12.3 Å². The summed E-state index contributed by atoms with van der Waals surface area (Å²) >= 11 is 5.76. The Hall–Kier alpha value is -1.95. The molecular weight excluding hydrogens is 222 g/mol. The summed E-state index contributed by atoms with van der Waals surface area (Å²) in [6.45, 7) is 0. The first-order valence-corrected chi connectivity index (χ1v) is 4.29. The fourth-order valence-electron chi connectivity index (χ4n) is 1.19. The molecule has 0 saturated carbocycles. The van der Waals surface area contributed by atoms with Crippen LogP contribution in [0.5, 0.6) is 0 Å². The molecular formula is C8H4ClN3O3. The van der Waals surface area contributed by atoms with Gasteiger partial charge in [-0.05, 0) is 0 Å². The molecule has 0 atom stereocenters. The first-order chi connectivity index (χ1) is 7.09. The first-order valence-electron chi connectivity index (χ1n) is 3.91. The van der Waals surface area contributed by atoms with Gasteiger partial charge in [0.25, 0.3) is 11.2 Å². The van der Waals surface area contributed by atoms with Crippen LogP contribution < -0.4 is 5.56 Å². The summed E-state index contributed by atoms with van der Waals surface area (Å²) in [5.41, 5.74) is -0.438. The Morgan fingerprint density at radius 2 is 2.27 bits per heavy atom. The van der Waals surface area contributed by atoms with Crippen LogP contribution in [-0.2, 0) is 0 Å². The van der Waals surface area contributed by atoms with Crippen molar-refractivity contribution in [1.82, 2.24) is 9.97 Å². The zero-order valence-corrected chi connectivity index (χ0v) is 7.99. The van der Waals surface area contributed by atoms with Crippen molar-refractivity contribution in [3.63, 3.8) is 0 Å². The Balaban J connectivity index is 2.87. The Morgan fingerprint density at radius 1 is 1.53 bits per heavy atom. The lowest BCUT2D eigenvalue weighted by Crippen LogP contribution is -2.06. The lowest BCUT2D eigenvalue weighted by molar-refractivity contribution is -0.385. The number of aromatic nitrogens is 2. The third kappa shape index (κ3) is 1.55. The van der Waals surface area contributed by atoms with E-state index in [0.717, 1.165) is 12.3 Å². The number of nitrogens with zero attached hydrogens (tertiary/aromatic N) is 2. The van der Waals surface area contributed by atoms with Crippen LogP contribution in [0, 0.1) is 10.1 Å². The van der Waals surface area contributed by atoms with Crippen LogP contribution >= 0.6 is 11.6 Å². The molecule has 2 heterocycles. The predicted molar refractivity (Wildman–Crippen MR) is 54.0 cm³/mol. The summed E-state index contributed by atoms with van der Waals surface area (Å²) < 4.78 is 0. The molecule has 0 radical (unpaired) electrons. The average Bonchev–Trinajstić information content (AvgIpc) is 2.23. The van der Waals surface area contributed by atoms with Crippen molar-refractivity contribution >= 4 is 28.2 Å². The van der Waals surface area contributed by atoms with Crippen molar-refractivity contribution in [2.24, 2.45) is 0 Å². The van der Waals surface area contributed by atoms with Crippen molar-refractivity contribution in [2.75, 3.05) is 0 Å². The highest BCUT2D eigenvalue weighted by Crippen LogP contribution is 2.20. The Bertz CT molecular complexity index is 608. The molecule has 0 unspecified atom stereocenters. The van der Waals surface area contributed by atoms with E-state index in [2.05, 4.69) is 9.97 Å². The molecule has 0 aliphatic carbocycles. The Morgan fingerprint density at radius 3 is 2.93 bits per heavy atom. The van der Waals surface area contributed by atoms with Gasteiger partial charge in [-0.1, -0.05) is 11.6 Å². The SMILES string of the molecule is O=c1[nH]cc(Cl)c2ncc([N+](=O)[O-])cc12. The van der Waals surface area contributed by atoms with Crippen LogP contribution in [-0.4, -0.2) is 14.9 Å². The minimum absolute atomic E-state index is 0.108. The smallest absolute Gasteiger partial charge is 0.288 e. The van der Waals surface area contributed by atoms with E-state index in [1.54, 1.807) is 0 Å². The van der Waals surface area contributed by atoms with Gasteiger partial charge in [0.2, 0.25) is 0 Å². The molecule has 0 aliphatic heterocycles. The third-order valence-corrected chi connectivity index (χ3v) is 2.17. The van der Waals surface area contributed by atoms with Gasteiger partial charge < -0.3 is 4.98 Å². The highest BCUT2D eigenvalue weighted by atomic mass is 35.5.